The molecule has 0 aromatic rings. The third-order valence-corrected chi connectivity index (χ3v) is 2.56. The van der Waals surface area contributed by atoms with E-state index in [2.05, 4.69) is 5.32 Å². The molecule has 0 aromatic heterocycles. The summed E-state index contributed by atoms with van der Waals surface area (Å²) < 4.78 is 0. The molecule has 0 aromatic carbocycles. The van der Waals surface area contributed by atoms with E-state index in [0.29, 0.717) is 19.4 Å². The van der Waals surface area contributed by atoms with Crippen molar-refractivity contribution in [2.45, 2.75) is 25.3 Å². The van der Waals surface area contributed by atoms with Crippen LogP contribution in [0.15, 0.2) is 0 Å². The van der Waals surface area contributed by atoms with Crippen LogP contribution < -0.4 is 11.1 Å². The van der Waals surface area contributed by atoms with Crippen LogP contribution in [0.5, 0.6) is 0 Å². The first-order valence-corrected chi connectivity index (χ1v) is 6.20. The van der Waals surface area contributed by atoms with Crippen LogP contribution in [0.3, 0.4) is 0 Å². The van der Waals surface area contributed by atoms with Crippen molar-refractivity contribution < 1.29 is 14.7 Å². The van der Waals surface area contributed by atoms with Gasteiger partial charge in [0, 0.05) is 6.42 Å². The number of aliphatic carboxylic acids is 1. The number of nitrogens with two attached hydrogens (primary N) is 1. The van der Waals surface area contributed by atoms with Crippen molar-refractivity contribution in [2.24, 2.45) is 5.73 Å². The first kappa shape index (κ1) is 14.2. The lowest BCUT2D eigenvalue weighted by Gasteiger charge is -2.14. The molecule has 88 valence electrons. The van der Waals surface area contributed by atoms with E-state index < -0.39 is 5.97 Å². The molecule has 0 rings (SSSR count). The van der Waals surface area contributed by atoms with E-state index in [4.69, 9.17) is 10.8 Å². The second kappa shape index (κ2) is 8.55. The van der Waals surface area contributed by atoms with Crippen LogP contribution in [0.4, 0.5) is 0 Å². The smallest absolute Gasteiger partial charge is 0.303 e. The number of amides is 1. The molecule has 0 bridgehead atoms. The van der Waals surface area contributed by atoms with Crippen molar-refractivity contribution >= 4 is 23.6 Å². The van der Waals surface area contributed by atoms with Gasteiger partial charge in [-0.2, -0.15) is 11.8 Å². The number of carbonyl (C=O) groups excluding carboxylic acids is 1. The Labute approximate surface area is 93.8 Å². The van der Waals surface area contributed by atoms with Gasteiger partial charge in [0.2, 0.25) is 5.91 Å². The van der Waals surface area contributed by atoms with Crippen molar-refractivity contribution in [3.8, 4) is 0 Å². The van der Waals surface area contributed by atoms with Crippen LogP contribution in [0.1, 0.15) is 19.3 Å². The third kappa shape index (κ3) is 8.26. The highest BCUT2D eigenvalue weighted by molar-refractivity contribution is 7.98. The highest BCUT2D eigenvalue weighted by Crippen LogP contribution is 2.00. The molecular weight excluding hydrogens is 216 g/mol. The fourth-order valence-electron chi connectivity index (χ4n) is 1.10. The van der Waals surface area contributed by atoms with E-state index in [1.807, 2.05) is 6.26 Å². The van der Waals surface area contributed by atoms with Gasteiger partial charge >= 0.3 is 5.97 Å². The Kier molecular flexibility index (Phi) is 8.12. The van der Waals surface area contributed by atoms with Crippen molar-refractivity contribution in [2.75, 3.05) is 18.6 Å². The average molecular weight is 234 g/mol. The van der Waals surface area contributed by atoms with Crippen LogP contribution in [-0.2, 0) is 9.59 Å². The van der Waals surface area contributed by atoms with Gasteiger partial charge in [0.1, 0.15) is 0 Å². The van der Waals surface area contributed by atoms with Crippen LogP contribution in [0.25, 0.3) is 0 Å². The summed E-state index contributed by atoms with van der Waals surface area (Å²) in [6, 6.07) is -0.341. The number of nitrogens with one attached hydrogen (secondary N) is 1. The summed E-state index contributed by atoms with van der Waals surface area (Å²) in [5.74, 6) is -0.338. The molecule has 1 atom stereocenters. The number of primary amides is 1. The van der Waals surface area contributed by atoms with Crippen LogP contribution in [0.2, 0.25) is 0 Å². The zero-order valence-corrected chi connectivity index (χ0v) is 9.68. The molecule has 5 nitrogen and oxygen atoms in total. The number of carboxylic acids is 1. The Morgan fingerprint density at radius 1 is 1.53 bits per heavy atom. The van der Waals surface area contributed by atoms with Gasteiger partial charge in [-0.15, -0.1) is 0 Å². The van der Waals surface area contributed by atoms with E-state index >= 15 is 0 Å². The van der Waals surface area contributed by atoms with Gasteiger partial charge in [-0.1, -0.05) is 0 Å². The van der Waals surface area contributed by atoms with Crippen LogP contribution in [-0.4, -0.2) is 41.6 Å². The van der Waals surface area contributed by atoms with Gasteiger partial charge in [-0.25, -0.2) is 0 Å². The quantitative estimate of drug-likeness (QED) is 0.490. The molecular formula is C9H18N2O3S. The van der Waals surface area contributed by atoms with E-state index in [1.165, 1.54) is 0 Å². The zero-order valence-electron chi connectivity index (χ0n) is 8.86. The molecule has 0 fully saturated rings. The van der Waals surface area contributed by atoms with Crippen molar-refractivity contribution in [3.63, 3.8) is 0 Å². The standard InChI is InChI=1S/C9H18N2O3S/c1-15-6-4-7(9(10)14)11-5-2-3-8(12)13/h7,11H,2-6H2,1H3,(H2,10,14)(H,12,13)/t7-/m0/s1. The Morgan fingerprint density at radius 3 is 2.67 bits per heavy atom. The molecule has 0 radical (unpaired) electrons. The number of carbonyl (C=O) groups is 2. The summed E-state index contributed by atoms with van der Waals surface area (Å²) in [5.41, 5.74) is 5.19. The van der Waals surface area contributed by atoms with Crippen molar-refractivity contribution in [3.05, 3.63) is 0 Å². The Balaban J connectivity index is 3.66. The number of carboxylic acid groups (broad SMARTS) is 1. The number of rotatable bonds is 9. The summed E-state index contributed by atoms with van der Waals surface area (Å²) in [6.45, 7) is 0.508. The molecule has 0 aliphatic carbocycles. The van der Waals surface area contributed by atoms with E-state index in [9.17, 15) is 9.59 Å². The topological polar surface area (TPSA) is 92.4 Å². The van der Waals surface area contributed by atoms with E-state index in [-0.39, 0.29) is 18.4 Å². The highest BCUT2D eigenvalue weighted by atomic mass is 32.2. The summed E-state index contributed by atoms with van der Waals surface area (Å²) in [4.78, 5) is 21.2. The number of hydrogen-bond donors (Lipinski definition) is 3. The predicted molar refractivity (Wildman–Crippen MR) is 60.9 cm³/mol. The Hall–Kier alpha value is -0.750. The molecule has 15 heavy (non-hydrogen) atoms. The second-order valence-corrected chi connectivity index (χ2v) is 4.17. The van der Waals surface area contributed by atoms with Crippen molar-refractivity contribution in [1.82, 2.24) is 5.32 Å². The monoisotopic (exact) mass is 234 g/mol. The van der Waals surface area contributed by atoms with Gasteiger partial charge in [0.15, 0.2) is 0 Å². The highest BCUT2D eigenvalue weighted by Gasteiger charge is 2.13. The molecule has 0 saturated heterocycles. The molecule has 0 aliphatic rings. The molecule has 0 spiro atoms. The SMILES string of the molecule is CSCC[C@H](NCCCC(=O)O)C(N)=O. The van der Waals surface area contributed by atoms with Gasteiger partial charge in [0.05, 0.1) is 6.04 Å². The second-order valence-electron chi connectivity index (χ2n) is 3.19. The van der Waals surface area contributed by atoms with E-state index in [1.54, 1.807) is 11.8 Å². The summed E-state index contributed by atoms with van der Waals surface area (Å²) in [5, 5.41) is 11.4. The first-order chi connectivity index (χ1) is 7.07. The van der Waals surface area contributed by atoms with E-state index in [0.717, 1.165) is 5.75 Å². The Bertz CT molecular complexity index is 212. The minimum Gasteiger partial charge on any atom is -0.481 e. The molecule has 0 heterocycles. The maximum Gasteiger partial charge on any atom is 0.303 e. The summed E-state index contributed by atoms with van der Waals surface area (Å²) in [7, 11) is 0. The van der Waals surface area contributed by atoms with Crippen LogP contribution in [0, 0.1) is 0 Å². The van der Waals surface area contributed by atoms with Gasteiger partial charge in [-0.05, 0) is 31.4 Å². The number of thioether (sulfide) groups is 1. The Morgan fingerprint density at radius 2 is 2.20 bits per heavy atom. The normalized spacial score (nSPS) is 12.3. The lowest BCUT2D eigenvalue weighted by Crippen LogP contribution is -2.42. The minimum atomic E-state index is -0.823. The lowest BCUT2D eigenvalue weighted by molar-refractivity contribution is -0.137. The van der Waals surface area contributed by atoms with Crippen LogP contribution >= 0.6 is 11.8 Å². The largest absolute Gasteiger partial charge is 0.481 e. The minimum absolute atomic E-state index is 0.112. The molecule has 1 amide bonds. The maximum atomic E-state index is 11.0. The molecule has 0 unspecified atom stereocenters. The predicted octanol–water partition coefficient (Wildman–Crippen LogP) is 0.0478. The van der Waals surface area contributed by atoms with Gasteiger partial charge in [0.25, 0.3) is 0 Å². The summed E-state index contributed by atoms with van der Waals surface area (Å²) in [6.07, 6.45) is 3.27. The fraction of sp³-hybridized carbons (Fsp3) is 0.778. The van der Waals surface area contributed by atoms with Gasteiger partial charge in [-0.3, -0.25) is 9.59 Å². The molecule has 0 saturated carbocycles. The average Bonchev–Trinajstić information content (AvgIpc) is 2.15. The maximum absolute atomic E-state index is 11.0. The van der Waals surface area contributed by atoms with Crippen molar-refractivity contribution in [1.29, 1.82) is 0 Å². The molecule has 6 heteroatoms. The third-order valence-electron chi connectivity index (χ3n) is 1.91. The molecule has 0 aliphatic heterocycles. The van der Waals surface area contributed by atoms with Gasteiger partial charge < -0.3 is 16.2 Å². The zero-order chi connectivity index (χ0) is 11.7. The summed E-state index contributed by atoms with van der Waals surface area (Å²) >= 11 is 1.65. The lowest BCUT2D eigenvalue weighted by atomic mass is 10.2. The fourth-order valence-corrected chi connectivity index (χ4v) is 1.57. The molecule has 4 N–H and O–H groups in total. The first-order valence-electron chi connectivity index (χ1n) is 4.81. The number of hydrogen-bond acceptors (Lipinski definition) is 4.